The van der Waals surface area contributed by atoms with Gasteiger partial charge in [-0.1, -0.05) is 6.07 Å². The average Bonchev–Trinajstić information content (AvgIpc) is 2.20. The van der Waals surface area contributed by atoms with Crippen molar-refractivity contribution in [3.8, 4) is 0 Å². The lowest BCUT2D eigenvalue weighted by Crippen LogP contribution is -2.27. The maximum absolute atomic E-state index is 11.4. The molecule has 6 nitrogen and oxygen atoms in total. The Morgan fingerprint density at radius 2 is 2.06 bits per heavy atom. The van der Waals surface area contributed by atoms with Gasteiger partial charge in [-0.25, -0.2) is 4.79 Å². The van der Waals surface area contributed by atoms with Crippen molar-refractivity contribution in [1.82, 2.24) is 4.90 Å². The molecular weight excluding hydrogens is 210 g/mol. The van der Waals surface area contributed by atoms with Crippen LogP contribution in [0.2, 0.25) is 0 Å². The summed E-state index contributed by atoms with van der Waals surface area (Å²) in [7, 11) is 3.20. The smallest absolute Gasteiger partial charge is 0.321 e. The largest absolute Gasteiger partial charge is 0.331 e. The van der Waals surface area contributed by atoms with Crippen LogP contribution >= 0.6 is 0 Å². The van der Waals surface area contributed by atoms with Crippen LogP contribution in [-0.4, -0.2) is 29.9 Å². The first-order chi connectivity index (χ1) is 7.43. The molecular formula is C10H13N3O3. The highest BCUT2D eigenvalue weighted by molar-refractivity contribution is 5.90. The number of carbonyl (C=O) groups is 1. The quantitative estimate of drug-likeness (QED) is 0.615. The molecule has 1 N–H and O–H groups in total. The molecule has 0 aromatic heterocycles. The number of carbonyl (C=O) groups excluding carboxylic acids is 1. The van der Waals surface area contributed by atoms with E-state index in [1.807, 2.05) is 0 Å². The molecule has 0 aliphatic heterocycles. The van der Waals surface area contributed by atoms with Crippen molar-refractivity contribution in [2.75, 3.05) is 19.4 Å². The van der Waals surface area contributed by atoms with E-state index in [4.69, 9.17) is 0 Å². The molecule has 0 radical (unpaired) electrons. The van der Waals surface area contributed by atoms with Crippen LogP contribution in [0.1, 0.15) is 5.56 Å². The fourth-order valence-electron chi connectivity index (χ4n) is 1.18. The molecule has 1 aromatic carbocycles. The molecule has 0 aliphatic carbocycles. The van der Waals surface area contributed by atoms with Crippen molar-refractivity contribution in [3.05, 3.63) is 33.9 Å². The van der Waals surface area contributed by atoms with E-state index >= 15 is 0 Å². The molecule has 1 rings (SSSR count). The minimum atomic E-state index is -0.472. The molecule has 0 spiro atoms. The number of nitro benzene ring substituents is 1. The minimum absolute atomic E-state index is 0.00319. The van der Waals surface area contributed by atoms with Crippen molar-refractivity contribution in [1.29, 1.82) is 0 Å². The van der Waals surface area contributed by atoms with Gasteiger partial charge in [0, 0.05) is 20.2 Å². The highest BCUT2D eigenvalue weighted by atomic mass is 16.6. The summed E-state index contributed by atoms with van der Waals surface area (Å²) in [5, 5.41) is 13.3. The van der Waals surface area contributed by atoms with Gasteiger partial charge in [0.25, 0.3) is 5.69 Å². The van der Waals surface area contributed by atoms with Gasteiger partial charge < -0.3 is 10.2 Å². The third kappa shape index (κ3) is 2.47. The van der Waals surface area contributed by atoms with E-state index in [-0.39, 0.29) is 11.7 Å². The minimum Gasteiger partial charge on any atom is -0.331 e. The van der Waals surface area contributed by atoms with Crippen LogP contribution in [0.4, 0.5) is 16.2 Å². The van der Waals surface area contributed by atoms with E-state index in [1.165, 1.54) is 17.0 Å². The van der Waals surface area contributed by atoms with E-state index in [0.29, 0.717) is 11.3 Å². The molecule has 0 fully saturated rings. The second-order valence-corrected chi connectivity index (χ2v) is 3.53. The predicted molar refractivity (Wildman–Crippen MR) is 60.5 cm³/mol. The Labute approximate surface area is 93.0 Å². The van der Waals surface area contributed by atoms with Gasteiger partial charge >= 0.3 is 6.03 Å². The third-order valence-corrected chi connectivity index (χ3v) is 2.15. The Kier molecular flexibility index (Phi) is 3.44. The van der Waals surface area contributed by atoms with Gasteiger partial charge in [0.05, 0.1) is 16.2 Å². The summed E-state index contributed by atoms with van der Waals surface area (Å²) in [6, 6.07) is 4.25. The summed E-state index contributed by atoms with van der Waals surface area (Å²) < 4.78 is 0. The lowest BCUT2D eigenvalue weighted by molar-refractivity contribution is -0.385. The second kappa shape index (κ2) is 4.61. The second-order valence-electron chi connectivity index (χ2n) is 3.53. The molecule has 0 saturated carbocycles. The third-order valence-electron chi connectivity index (χ3n) is 2.15. The molecule has 0 unspecified atom stereocenters. The number of hydrogen-bond donors (Lipinski definition) is 1. The Morgan fingerprint density at radius 3 is 2.56 bits per heavy atom. The maximum Gasteiger partial charge on any atom is 0.321 e. The molecule has 0 heterocycles. The van der Waals surface area contributed by atoms with Crippen molar-refractivity contribution >= 4 is 17.4 Å². The zero-order valence-electron chi connectivity index (χ0n) is 9.35. The van der Waals surface area contributed by atoms with Gasteiger partial charge in [-0.3, -0.25) is 10.1 Å². The number of nitro groups is 1. The Hall–Kier alpha value is -2.11. The highest BCUT2D eigenvalue weighted by Crippen LogP contribution is 2.24. The van der Waals surface area contributed by atoms with Crippen LogP contribution < -0.4 is 5.32 Å². The molecule has 1 aromatic rings. The van der Waals surface area contributed by atoms with E-state index in [9.17, 15) is 14.9 Å². The van der Waals surface area contributed by atoms with Gasteiger partial charge in [-0.15, -0.1) is 0 Å². The number of benzene rings is 1. The number of rotatable bonds is 2. The van der Waals surface area contributed by atoms with Crippen molar-refractivity contribution in [3.63, 3.8) is 0 Å². The number of amides is 2. The molecule has 2 amide bonds. The first-order valence-electron chi connectivity index (χ1n) is 4.65. The number of urea groups is 1. The lowest BCUT2D eigenvalue weighted by Gasteiger charge is -2.13. The summed E-state index contributed by atoms with van der Waals surface area (Å²) in [6.07, 6.45) is 0. The standard InChI is InChI=1S/C10H13N3O3/c1-7-8(11-10(14)12(2)3)5-4-6-9(7)13(15)16/h4-6H,1-3H3,(H,11,14). The molecule has 0 bridgehead atoms. The Morgan fingerprint density at radius 1 is 1.44 bits per heavy atom. The summed E-state index contributed by atoms with van der Waals surface area (Å²) in [4.78, 5) is 23.0. The molecule has 0 saturated heterocycles. The molecule has 6 heteroatoms. The van der Waals surface area contributed by atoms with Crippen LogP contribution in [-0.2, 0) is 0 Å². The SMILES string of the molecule is Cc1c(NC(=O)N(C)C)cccc1[N+](=O)[O-]. The molecule has 0 aliphatic rings. The first-order valence-corrected chi connectivity index (χ1v) is 4.65. The number of nitrogens with one attached hydrogen (secondary N) is 1. The summed E-state index contributed by atoms with van der Waals surface area (Å²) in [6.45, 7) is 1.60. The maximum atomic E-state index is 11.4. The number of nitrogens with zero attached hydrogens (tertiary/aromatic N) is 2. The fraction of sp³-hybridized carbons (Fsp3) is 0.300. The normalized spacial score (nSPS) is 9.69. The van der Waals surface area contributed by atoms with E-state index in [0.717, 1.165) is 0 Å². The van der Waals surface area contributed by atoms with Gasteiger partial charge in [0.1, 0.15) is 0 Å². The highest BCUT2D eigenvalue weighted by Gasteiger charge is 2.14. The average molecular weight is 223 g/mol. The van der Waals surface area contributed by atoms with Gasteiger partial charge in [-0.05, 0) is 13.0 Å². The monoisotopic (exact) mass is 223 g/mol. The van der Waals surface area contributed by atoms with Gasteiger partial charge in [-0.2, -0.15) is 0 Å². The van der Waals surface area contributed by atoms with Crippen LogP contribution in [0, 0.1) is 17.0 Å². The zero-order chi connectivity index (χ0) is 12.3. The topological polar surface area (TPSA) is 75.5 Å². The summed E-state index contributed by atoms with van der Waals surface area (Å²) >= 11 is 0. The summed E-state index contributed by atoms with van der Waals surface area (Å²) in [5.41, 5.74) is 0.896. The Bertz CT molecular complexity index is 429. The number of hydrogen-bond acceptors (Lipinski definition) is 3. The zero-order valence-corrected chi connectivity index (χ0v) is 9.35. The number of anilines is 1. The van der Waals surface area contributed by atoms with E-state index in [1.54, 1.807) is 27.1 Å². The van der Waals surface area contributed by atoms with E-state index in [2.05, 4.69) is 5.32 Å². The van der Waals surface area contributed by atoms with Crippen LogP contribution in [0.15, 0.2) is 18.2 Å². The predicted octanol–water partition coefficient (Wildman–Crippen LogP) is 2.00. The van der Waals surface area contributed by atoms with Crippen LogP contribution in [0.3, 0.4) is 0 Å². The first kappa shape index (κ1) is 12.0. The molecule has 86 valence electrons. The van der Waals surface area contributed by atoms with Gasteiger partial charge in [0.15, 0.2) is 0 Å². The van der Waals surface area contributed by atoms with Crippen molar-refractivity contribution in [2.45, 2.75) is 6.92 Å². The Balaban J connectivity index is 3.02. The summed E-state index contributed by atoms with van der Waals surface area (Å²) in [5.74, 6) is 0. The van der Waals surface area contributed by atoms with E-state index < -0.39 is 4.92 Å². The van der Waals surface area contributed by atoms with Crippen molar-refractivity contribution in [2.24, 2.45) is 0 Å². The van der Waals surface area contributed by atoms with Crippen molar-refractivity contribution < 1.29 is 9.72 Å². The molecule has 16 heavy (non-hydrogen) atoms. The fourth-order valence-corrected chi connectivity index (χ4v) is 1.18. The van der Waals surface area contributed by atoms with Crippen LogP contribution in [0.25, 0.3) is 0 Å². The molecule has 0 atom stereocenters. The lowest BCUT2D eigenvalue weighted by atomic mass is 10.1. The van der Waals surface area contributed by atoms with Gasteiger partial charge in [0.2, 0.25) is 0 Å². The van der Waals surface area contributed by atoms with Crippen LogP contribution in [0.5, 0.6) is 0 Å².